The Morgan fingerprint density at radius 3 is 2.79 bits per heavy atom. The van der Waals surface area contributed by atoms with Crippen molar-refractivity contribution >= 4 is 26.0 Å². The van der Waals surface area contributed by atoms with E-state index in [9.17, 15) is 12.8 Å². The smallest absolute Gasteiger partial charge is 0.300 e. The number of halogens is 2. The highest BCUT2D eigenvalue weighted by atomic mass is 79.9. The van der Waals surface area contributed by atoms with Gasteiger partial charge >= 0.3 is 0 Å². The van der Waals surface area contributed by atoms with Crippen LogP contribution in [0.4, 0.5) is 4.39 Å². The van der Waals surface area contributed by atoms with Gasteiger partial charge in [0.15, 0.2) is 11.6 Å². The van der Waals surface area contributed by atoms with Crippen LogP contribution in [0.5, 0.6) is 5.75 Å². The van der Waals surface area contributed by atoms with E-state index in [1.165, 1.54) is 12.1 Å². The zero-order chi connectivity index (χ0) is 17.5. The molecule has 4 nitrogen and oxygen atoms in total. The molecule has 0 N–H and O–H groups in total. The Balaban J connectivity index is 1.83. The summed E-state index contributed by atoms with van der Waals surface area (Å²) >= 11 is 3.20. The Morgan fingerprint density at radius 1 is 1.33 bits per heavy atom. The fraction of sp³-hybridized carbons (Fsp3) is 0.294. The third-order valence-electron chi connectivity index (χ3n) is 3.95. The van der Waals surface area contributed by atoms with Gasteiger partial charge in [0.2, 0.25) is 6.29 Å². The average molecular weight is 415 g/mol. The van der Waals surface area contributed by atoms with Crippen LogP contribution in [0.25, 0.3) is 0 Å². The first-order valence-electron chi connectivity index (χ1n) is 7.47. The van der Waals surface area contributed by atoms with Crippen LogP contribution in [0.1, 0.15) is 23.6 Å². The van der Waals surface area contributed by atoms with Crippen LogP contribution < -0.4 is 4.74 Å². The average Bonchev–Trinajstić information content (AvgIpc) is 2.89. The molecule has 0 fully saturated rings. The zero-order valence-corrected chi connectivity index (χ0v) is 15.6. The molecule has 0 amide bonds. The lowest BCUT2D eigenvalue weighted by molar-refractivity contribution is 0.0288. The monoisotopic (exact) mass is 414 g/mol. The van der Waals surface area contributed by atoms with Gasteiger partial charge in [-0.25, -0.2) is 8.57 Å². The van der Waals surface area contributed by atoms with E-state index in [1.54, 1.807) is 18.2 Å². The number of ether oxygens (including phenoxy) is 1. The maximum atomic E-state index is 13.9. The molecule has 0 aliphatic carbocycles. The molecule has 3 rings (SSSR count). The number of hydrogen-bond acceptors (Lipinski definition) is 4. The van der Waals surface area contributed by atoms with Crippen LogP contribution in [-0.2, 0) is 27.1 Å². The summed E-state index contributed by atoms with van der Waals surface area (Å²) in [5.74, 6) is -0.511. The van der Waals surface area contributed by atoms with Crippen molar-refractivity contribution in [1.82, 2.24) is 0 Å². The molecule has 1 aliphatic rings. The second kappa shape index (κ2) is 6.46. The predicted molar refractivity (Wildman–Crippen MR) is 91.0 cm³/mol. The van der Waals surface area contributed by atoms with E-state index in [1.807, 2.05) is 13.8 Å². The van der Waals surface area contributed by atoms with E-state index in [-0.39, 0.29) is 17.1 Å². The highest BCUT2D eigenvalue weighted by molar-refractivity contribution is 9.10. The lowest BCUT2D eigenvalue weighted by Crippen LogP contribution is -2.22. The first-order valence-corrected chi connectivity index (χ1v) is 9.67. The lowest BCUT2D eigenvalue weighted by atomic mass is 10.1. The molecule has 0 saturated carbocycles. The highest BCUT2D eigenvalue weighted by Gasteiger charge is 2.32. The first-order chi connectivity index (χ1) is 11.3. The molecule has 0 spiro atoms. The molecule has 1 heterocycles. The molecule has 0 aromatic heterocycles. The van der Waals surface area contributed by atoms with Gasteiger partial charge in [-0.3, -0.25) is 0 Å². The van der Waals surface area contributed by atoms with Crippen LogP contribution in [0.15, 0.2) is 39.7 Å². The van der Waals surface area contributed by atoms with Crippen molar-refractivity contribution in [3.63, 3.8) is 0 Å². The summed E-state index contributed by atoms with van der Waals surface area (Å²) in [6.07, 6.45) is -0.183. The van der Waals surface area contributed by atoms with E-state index in [0.29, 0.717) is 10.0 Å². The van der Waals surface area contributed by atoms with Crippen molar-refractivity contribution in [3.8, 4) is 5.75 Å². The molecule has 2 aromatic rings. The van der Waals surface area contributed by atoms with Crippen LogP contribution >= 0.6 is 15.9 Å². The summed E-state index contributed by atoms with van der Waals surface area (Å²) in [6.45, 7) is 3.88. The summed E-state index contributed by atoms with van der Waals surface area (Å²) in [5, 5.41) is 0. The van der Waals surface area contributed by atoms with E-state index in [0.717, 1.165) is 17.5 Å². The van der Waals surface area contributed by atoms with Gasteiger partial charge in [0.05, 0.1) is 4.90 Å². The van der Waals surface area contributed by atoms with Crippen molar-refractivity contribution in [2.24, 2.45) is 0 Å². The minimum absolute atomic E-state index is 0.0385. The zero-order valence-electron chi connectivity index (χ0n) is 13.2. The third-order valence-corrected chi connectivity index (χ3v) is 5.70. The van der Waals surface area contributed by atoms with Crippen LogP contribution in [-0.4, -0.2) is 14.7 Å². The number of benzene rings is 2. The molecule has 0 bridgehead atoms. The molecular weight excluding hydrogens is 399 g/mol. The maximum absolute atomic E-state index is 13.9. The normalized spacial score (nSPS) is 16.8. The van der Waals surface area contributed by atoms with Crippen molar-refractivity contribution in [1.29, 1.82) is 0 Å². The van der Waals surface area contributed by atoms with Gasteiger partial charge < -0.3 is 4.74 Å². The van der Waals surface area contributed by atoms with E-state index in [2.05, 4.69) is 15.9 Å². The molecule has 1 unspecified atom stereocenters. The van der Waals surface area contributed by atoms with E-state index >= 15 is 0 Å². The van der Waals surface area contributed by atoms with Crippen molar-refractivity contribution in [3.05, 3.63) is 57.3 Å². The van der Waals surface area contributed by atoms with Crippen LogP contribution in [0, 0.1) is 12.7 Å². The summed E-state index contributed by atoms with van der Waals surface area (Å²) in [4.78, 5) is 0.0751. The molecule has 0 saturated heterocycles. The van der Waals surface area contributed by atoms with Crippen molar-refractivity contribution in [2.75, 3.05) is 0 Å². The van der Waals surface area contributed by atoms with Gasteiger partial charge in [-0.05, 0) is 48.7 Å². The van der Waals surface area contributed by atoms with Gasteiger partial charge in [-0.1, -0.05) is 28.9 Å². The van der Waals surface area contributed by atoms with E-state index in [4.69, 9.17) is 8.92 Å². The molecule has 24 heavy (non-hydrogen) atoms. The SMILES string of the molecule is CCc1cc(S(=O)(=O)OC2Cc3cc(Br)cc(F)c3O2)ccc1C. The topological polar surface area (TPSA) is 52.6 Å². The first kappa shape index (κ1) is 17.4. The fourth-order valence-corrected chi connectivity index (χ4v) is 4.18. The molecule has 7 heteroatoms. The second-order valence-electron chi connectivity index (χ2n) is 5.62. The number of hydrogen-bond donors (Lipinski definition) is 0. The summed E-state index contributed by atoms with van der Waals surface area (Å²) < 4.78 is 49.9. The Hall–Kier alpha value is -1.44. The Morgan fingerprint density at radius 2 is 2.08 bits per heavy atom. The summed E-state index contributed by atoms with van der Waals surface area (Å²) in [5.41, 5.74) is 2.53. The minimum Gasteiger partial charge on any atom is -0.460 e. The van der Waals surface area contributed by atoms with Gasteiger partial charge in [0, 0.05) is 16.5 Å². The minimum atomic E-state index is -3.99. The quantitative estimate of drug-likeness (QED) is 0.705. The second-order valence-corrected chi connectivity index (χ2v) is 8.11. The van der Waals surface area contributed by atoms with Gasteiger partial charge in [-0.15, -0.1) is 0 Å². The third kappa shape index (κ3) is 3.34. The van der Waals surface area contributed by atoms with Crippen LogP contribution in [0.2, 0.25) is 0 Å². The lowest BCUT2D eigenvalue weighted by Gasteiger charge is -2.13. The number of rotatable bonds is 4. The van der Waals surface area contributed by atoms with Gasteiger partial charge in [-0.2, -0.15) is 8.42 Å². The molecular formula is C17H16BrFO4S. The molecule has 128 valence electrons. The number of fused-ring (bicyclic) bond motifs is 1. The van der Waals surface area contributed by atoms with Crippen LogP contribution in [0.3, 0.4) is 0 Å². The molecule has 1 atom stereocenters. The predicted octanol–water partition coefficient (Wildman–Crippen LogP) is 4.13. The summed E-state index contributed by atoms with van der Waals surface area (Å²) in [7, 11) is -3.99. The molecule has 1 aliphatic heterocycles. The Kier molecular flexibility index (Phi) is 4.68. The Labute approximate surface area is 148 Å². The maximum Gasteiger partial charge on any atom is 0.300 e. The fourth-order valence-electron chi connectivity index (χ4n) is 2.68. The van der Waals surface area contributed by atoms with Crippen molar-refractivity contribution in [2.45, 2.75) is 37.9 Å². The highest BCUT2D eigenvalue weighted by Crippen LogP contribution is 2.35. The van der Waals surface area contributed by atoms with Gasteiger partial charge in [0.1, 0.15) is 0 Å². The van der Waals surface area contributed by atoms with E-state index < -0.39 is 22.2 Å². The summed E-state index contributed by atoms with van der Waals surface area (Å²) in [6, 6.07) is 7.81. The number of aryl methyl sites for hydroxylation is 2. The largest absolute Gasteiger partial charge is 0.460 e. The van der Waals surface area contributed by atoms with Gasteiger partial charge in [0.25, 0.3) is 10.1 Å². The molecule has 2 aromatic carbocycles. The standard InChI is InChI=1S/C17H16BrFO4S/c1-3-11-7-14(5-4-10(11)2)24(20,21)23-16-8-12-6-13(18)9-15(19)17(12)22-16/h4-7,9,16H,3,8H2,1-2H3. The van der Waals surface area contributed by atoms with Crippen molar-refractivity contribution < 1.29 is 21.7 Å². The molecule has 0 radical (unpaired) electrons. The Bertz CT molecular complexity index is 896.